The normalized spacial score (nSPS) is 15.6. The van der Waals surface area contributed by atoms with E-state index in [1.807, 2.05) is 17.0 Å². The van der Waals surface area contributed by atoms with Gasteiger partial charge in [-0.1, -0.05) is 19.1 Å². The summed E-state index contributed by atoms with van der Waals surface area (Å²) in [6, 6.07) is 8.27. The molecule has 0 aliphatic carbocycles. The lowest BCUT2D eigenvalue weighted by Gasteiger charge is -2.16. The summed E-state index contributed by atoms with van der Waals surface area (Å²) in [7, 11) is 0. The third kappa shape index (κ3) is 3.07. The second kappa shape index (κ2) is 5.82. The average molecular weight is 232 g/mol. The molecule has 0 atom stereocenters. The van der Waals surface area contributed by atoms with Crippen molar-refractivity contribution in [3.8, 4) is 0 Å². The molecule has 0 spiro atoms. The van der Waals surface area contributed by atoms with Crippen molar-refractivity contribution in [2.75, 3.05) is 18.0 Å². The molecule has 17 heavy (non-hydrogen) atoms. The van der Waals surface area contributed by atoms with Gasteiger partial charge in [0.25, 0.3) is 0 Å². The molecule has 1 aromatic rings. The first-order valence-corrected chi connectivity index (χ1v) is 6.41. The SMILES string of the molecule is CCCNCc1cccc(N2CCCC2=O)c1. The fraction of sp³-hybridized carbons (Fsp3) is 0.500. The highest BCUT2D eigenvalue weighted by atomic mass is 16.2. The van der Waals surface area contributed by atoms with Gasteiger partial charge in [-0.25, -0.2) is 0 Å². The summed E-state index contributed by atoms with van der Waals surface area (Å²) < 4.78 is 0. The lowest BCUT2D eigenvalue weighted by Crippen LogP contribution is -2.24. The Kier molecular flexibility index (Phi) is 4.15. The van der Waals surface area contributed by atoms with Crippen molar-refractivity contribution >= 4 is 11.6 Å². The first kappa shape index (κ1) is 12.1. The molecule has 1 amide bonds. The summed E-state index contributed by atoms with van der Waals surface area (Å²) in [6.45, 7) is 4.94. The van der Waals surface area contributed by atoms with Crippen LogP contribution in [0.15, 0.2) is 24.3 Å². The van der Waals surface area contributed by atoms with Gasteiger partial charge in [0.05, 0.1) is 0 Å². The number of carbonyl (C=O) groups excluding carboxylic acids is 1. The van der Waals surface area contributed by atoms with Crippen molar-refractivity contribution in [3.05, 3.63) is 29.8 Å². The zero-order chi connectivity index (χ0) is 12.1. The summed E-state index contributed by atoms with van der Waals surface area (Å²) in [4.78, 5) is 13.5. The molecule has 2 rings (SSSR count). The molecule has 3 nitrogen and oxygen atoms in total. The predicted molar refractivity (Wildman–Crippen MR) is 70.0 cm³/mol. The third-order valence-electron chi connectivity index (χ3n) is 3.05. The van der Waals surface area contributed by atoms with Crippen molar-refractivity contribution in [1.82, 2.24) is 5.32 Å². The molecule has 0 radical (unpaired) electrons. The van der Waals surface area contributed by atoms with Crippen LogP contribution in [0.4, 0.5) is 5.69 Å². The minimum Gasteiger partial charge on any atom is -0.313 e. The molecule has 1 saturated heterocycles. The second-order valence-electron chi connectivity index (χ2n) is 4.50. The van der Waals surface area contributed by atoms with Crippen LogP contribution in [0.1, 0.15) is 31.7 Å². The van der Waals surface area contributed by atoms with Crippen LogP contribution in [-0.4, -0.2) is 19.0 Å². The van der Waals surface area contributed by atoms with E-state index in [0.717, 1.165) is 38.2 Å². The van der Waals surface area contributed by atoms with Crippen molar-refractivity contribution < 1.29 is 4.79 Å². The highest BCUT2D eigenvalue weighted by molar-refractivity contribution is 5.95. The van der Waals surface area contributed by atoms with E-state index in [-0.39, 0.29) is 5.91 Å². The standard InChI is InChI=1S/C14H20N2O/c1-2-8-15-11-12-5-3-6-13(10-12)16-9-4-7-14(16)17/h3,5-6,10,15H,2,4,7-9,11H2,1H3. The maximum Gasteiger partial charge on any atom is 0.227 e. The van der Waals surface area contributed by atoms with E-state index in [4.69, 9.17) is 0 Å². The Hall–Kier alpha value is -1.35. The van der Waals surface area contributed by atoms with Crippen LogP contribution in [0, 0.1) is 0 Å². The van der Waals surface area contributed by atoms with Crippen LogP contribution >= 0.6 is 0 Å². The second-order valence-corrected chi connectivity index (χ2v) is 4.50. The minimum absolute atomic E-state index is 0.253. The summed E-state index contributed by atoms with van der Waals surface area (Å²) >= 11 is 0. The molecule has 1 aliphatic heterocycles. The highest BCUT2D eigenvalue weighted by Gasteiger charge is 2.21. The largest absolute Gasteiger partial charge is 0.313 e. The molecule has 1 fully saturated rings. The average Bonchev–Trinajstić information content (AvgIpc) is 2.76. The topological polar surface area (TPSA) is 32.3 Å². The third-order valence-corrected chi connectivity index (χ3v) is 3.05. The van der Waals surface area contributed by atoms with Crippen molar-refractivity contribution in [2.45, 2.75) is 32.7 Å². The Balaban J connectivity index is 2.03. The van der Waals surface area contributed by atoms with E-state index in [9.17, 15) is 4.79 Å². The number of benzene rings is 1. The Morgan fingerprint density at radius 2 is 2.29 bits per heavy atom. The summed E-state index contributed by atoms with van der Waals surface area (Å²) in [5.41, 5.74) is 2.29. The van der Waals surface area contributed by atoms with Gasteiger partial charge in [0, 0.05) is 25.2 Å². The molecule has 1 heterocycles. The number of rotatable bonds is 5. The van der Waals surface area contributed by atoms with Gasteiger partial charge in [-0.3, -0.25) is 4.79 Å². The highest BCUT2D eigenvalue weighted by Crippen LogP contribution is 2.22. The molecular formula is C14H20N2O. The molecule has 92 valence electrons. The Morgan fingerprint density at radius 3 is 3.00 bits per heavy atom. The lowest BCUT2D eigenvalue weighted by molar-refractivity contribution is -0.117. The number of hydrogen-bond acceptors (Lipinski definition) is 2. The minimum atomic E-state index is 0.253. The van der Waals surface area contributed by atoms with Crippen molar-refractivity contribution in [1.29, 1.82) is 0 Å². The smallest absolute Gasteiger partial charge is 0.227 e. The van der Waals surface area contributed by atoms with E-state index in [1.165, 1.54) is 5.56 Å². The molecule has 1 aliphatic rings. The van der Waals surface area contributed by atoms with Crippen LogP contribution in [-0.2, 0) is 11.3 Å². The van der Waals surface area contributed by atoms with E-state index in [0.29, 0.717) is 6.42 Å². The first-order chi connectivity index (χ1) is 8.31. The van der Waals surface area contributed by atoms with Gasteiger partial charge in [-0.2, -0.15) is 0 Å². The predicted octanol–water partition coefficient (Wildman–Crippen LogP) is 2.31. The molecular weight excluding hydrogens is 212 g/mol. The maximum atomic E-state index is 11.7. The Labute approximate surface area is 103 Å². The fourth-order valence-electron chi connectivity index (χ4n) is 2.16. The van der Waals surface area contributed by atoms with Crippen LogP contribution < -0.4 is 10.2 Å². The molecule has 1 N–H and O–H groups in total. The van der Waals surface area contributed by atoms with E-state index in [1.54, 1.807) is 0 Å². The number of nitrogens with zero attached hydrogens (tertiary/aromatic N) is 1. The summed E-state index contributed by atoms with van der Waals surface area (Å²) in [5, 5.41) is 3.38. The van der Waals surface area contributed by atoms with Crippen molar-refractivity contribution in [2.24, 2.45) is 0 Å². The lowest BCUT2D eigenvalue weighted by atomic mass is 10.2. The molecule has 0 aromatic heterocycles. The zero-order valence-corrected chi connectivity index (χ0v) is 10.4. The quantitative estimate of drug-likeness (QED) is 0.790. The van der Waals surface area contributed by atoms with Crippen LogP contribution in [0.2, 0.25) is 0 Å². The number of amides is 1. The number of anilines is 1. The van der Waals surface area contributed by atoms with Gasteiger partial charge in [0.15, 0.2) is 0 Å². The first-order valence-electron chi connectivity index (χ1n) is 6.41. The van der Waals surface area contributed by atoms with Gasteiger partial charge in [-0.05, 0) is 37.1 Å². The van der Waals surface area contributed by atoms with Crippen LogP contribution in [0.25, 0.3) is 0 Å². The monoisotopic (exact) mass is 232 g/mol. The van der Waals surface area contributed by atoms with Crippen LogP contribution in [0.5, 0.6) is 0 Å². The number of nitrogens with one attached hydrogen (secondary N) is 1. The van der Waals surface area contributed by atoms with Crippen LogP contribution in [0.3, 0.4) is 0 Å². The van der Waals surface area contributed by atoms with E-state index < -0.39 is 0 Å². The molecule has 0 unspecified atom stereocenters. The van der Waals surface area contributed by atoms with Crippen molar-refractivity contribution in [3.63, 3.8) is 0 Å². The number of hydrogen-bond donors (Lipinski definition) is 1. The maximum absolute atomic E-state index is 11.7. The fourth-order valence-corrected chi connectivity index (χ4v) is 2.16. The Bertz CT molecular complexity index is 390. The van der Waals surface area contributed by atoms with E-state index in [2.05, 4.69) is 24.4 Å². The van der Waals surface area contributed by atoms with Gasteiger partial charge >= 0.3 is 0 Å². The molecule has 1 aromatic carbocycles. The van der Waals surface area contributed by atoms with Gasteiger partial charge in [-0.15, -0.1) is 0 Å². The summed E-state index contributed by atoms with van der Waals surface area (Å²) in [6.07, 6.45) is 2.82. The zero-order valence-electron chi connectivity index (χ0n) is 10.4. The summed E-state index contributed by atoms with van der Waals surface area (Å²) in [5.74, 6) is 0.253. The molecule has 0 saturated carbocycles. The van der Waals surface area contributed by atoms with Gasteiger partial charge in [0.1, 0.15) is 0 Å². The molecule has 0 bridgehead atoms. The van der Waals surface area contributed by atoms with E-state index >= 15 is 0 Å². The number of carbonyl (C=O) groups is 1. The van der Waals surface area contributed by atoms with Gasteiger partial charge < -0.3 is 10.2 Å². The Morgan fingerprint density at radius 1 is 1.41 bits per heavy atom. The molecule has 3 heteroatoms. The van der Waals surface area contributed by atoms with Gasteiger partial charge in [0.2, 0.25) is 5.91 Å².